The highest BCUT2D eigenvalue weighted by Gasteiger charge is 2.10. The molecule has 1 amide bonds. The van der Waals surface area contributed by atoms with Gasteiger partial charge in [0.1, 0.15) is 0 Å². The Bertz CT molecular complexity index is 269. The number of aliphatic hydroxyl groups excluding tert-OH is 1. The van der Waals surface area contributed by atoms with Crippen LogP contribution in [0.5, 0.6) is 0 Å². The van der Waals surface area contributed by atoms with Gasteiger partial charge in [0, 0.05) is 6.92 Å². The summed E-state index contributed by atoms with van der Waals surface area (Å²) in [6.45, 7) is 5.13. The molecule has 5 heteroatoms. The normalized spacial score (nSPS) is 11.5. The van der Waals surface area contributed by atoms with Gasteiger partial charge in [-0.2, -0.15) is 5.48 Å². The van der Waals surface area contributed by atoms with Gasteiger partial charge in [0.15, 0.2) is 0 Å². The van der Waals surface area contributed by atoms with E-state index in [0.717, 1.165) is 6.42 Å². The third-order valence-corrected chi connectivity index (χ3v) is 1.78. The molecule has 0 spiro atoms. The zero-order chi connectivity index (χ0) is 12.6. The Kier molecular flexibility index (Phi) is 7.20. The van der Waals surface area contributed by atoms with Gasteiger partial charge in [-0.3, -0.25) is 9.59 Å². The molecule has 0 bridgehead atoms. The zero-order valence-electron chi connectivity index (χ0n) is 9.95. The quantitative estimate of drug-likeness (QED) is 0.546. The van der Waals surface area contributed by atoms with Gasteiger partial charge in [0.25, 0.3) is 5.91 Å². The van der Waals surface area contributed by atoms with Gasteiger partial charge in [0.05, 0.1) is 12.5 Å². The first-order chi connectivity index (χ1) is 7.41. The van der Waals surface area contributed by atoms with Crippen LogP contribution in [-0.2, 0) is 14.4 Å². The Hall–Kier alpha value is -1.36. The molecule has 0 rings (SSSR count). The van der Waals surface area contributed by atoms with Crippen molar-refractivity contribution in [2.24, 2.45) is 0 Å². The Balaban J connectivity index is 3.70. The molecule has 2 N–H and O–H groups in total. The van der Waals surface area contributed by atoms with E-state index in [9.17, 15) is 14.7 Å². The van der Waals surface area contributed by atoms with E-state index in [2.05, 4.69) is 4.84 Å². The van der Waals surface area contributed by atoms with Crippen molar-refractivity contribution in [1.82, 2.24) is 5.48 Å². The van der Waals surface area contributed by atoms with Gasteiger partial charge in [-0.1, -0.05) is 11.6 Å². The van der Waals surface area contributed by atoms with Crippen LogP contribution < -0.4 is 5.48 Å². The summed E-state index contributed by atoms with van der Waals surface area (Å²) in [5.74, 6) is -1.09. The maximum absolute atomic E-state index is 11.1. The number of nitrogens with one attached hydrogen (secondary N) is 1. The van der Waals surface area contributed by atoms with Crippen LogP contribution >= 0.6 is 0 Å². The summed E-state index contributed by atoms with van der Waals surface area (Å²) in [7, 11) is 0. The Morgan fingerprint density at radius 1 is 1.38 bits per heavy atom. The predicted molar refractivity (Wildman–Crippen MR) is 59.2 cm³/mol. The SMILES string of the molecule is CC(=O)ONC(=O)CC(O)CCC=C(C)C. The summed E-state index contributed by atoms with van der Waals surface area (Å²) in [6, 6.07) is 0. The van der Waals surface area contributed by atoms with Gasteiger partial charge in [-0.15, -0.1) is 0 Å². The molecule has 0 saturated carbocycles. The lowest BCUT2D eigenvalue weighted by molar-refractivity contribution is -0.156. The van der Waals surface area contributed by atoms with E-state index in [1.807, 2.05) is 25.4 Å². The molecule has 0 aromatic rings. The smallest absolute Gasteiger partial charge is 0.329 e. The molecular weight excluding hydrogens is 210 g/mol. The lowest BCUT2D eigenvalue weighted by atomic mass is 10.1. The third-order valence-electron chi connectivity index (χ3n) is 1.78. The molecule has 1 atom stereocenters. The van der Waals surface area contributed by atoms with Crippen LogP contribution in [0.4, 0.5) is 0 Å². The van der Waals surface area contributed by atoms with Crippen LogP contribution in [0.1, 0.15) is 40.0 Å². The highest BCUT2D eigenvalue weighted by molar-refractivity contribution is 5.77. The van der Waals surface area contributed by atoms with Crippen molar-refractivity contribution in [2.45, 2.75) is 46.1 Å². The lowest BCUT2D eigenvalue weighted by Crippen LogP contribution is -2.29. The van der Waals surface area contributed by atoms with Gasteiger partial charge >= 0.3 is 5.97 Å². The molecule has 0 aromatic carbocycles. The van der Waals surface area contributed by atoms with Crippen LogP contribution in [0.25, 0.3) is 0 Å². The number of hydrogen-bond donors (Lipinski definition) is 2. The van der Waals surface area contributed by atoms with E-state index in [1.54, 1.807) is 0 Å². The van der Waals surface area contributed by atoms with Crippen LogP contribution in [-0.4, -0.2) is 23.1 Å². The van der Waals surface area contributed by atoms with Gasteiger partial charge in [-0.25, -0.2) is 0 Å². The summed E-state index contributed by atoms with van der Waals surface area (Å²) in [4.78, 5) is 25.8. The standard InChI is InChI=1S/C11H19NO4/c1-8(2)5-4-6-10(14)7-11(15)12-16-9(3)13/h5,10,14H,4,6-7H2,1-3H3,(H,12,15). The molecule has 0 aliphatic heterocycles. The Morgan fingerprint density at radius 2 is 2.00 bits per heavy atom. The molecule has 0 aliphatic carbocycles. The van der Waals surface area contributed by atoms with Crippen molar-refractivity contribution < 1.29 is 19.5 Å². The first-order valence-electron chi connectivity index (χ1n) is 5.19. The summed E-state index contributed by atoms with van der Waals surface area (Å²) in [6.07, 6.45) is 2.45. The number of hydrogen-bond acceptors (Lipinski definition) is 4. The zero-order valence-corrected chi connectivity index (χ0v) is 9.95. The molecule has 92 valence electrons. The maximum atomic E-state index is 11.1. The predicted octanol–water partition coefficient (Wildman–Crippen LogP) is 1.08. The lowest BCUT2D eigenvalue weighted by Gasteiger charge is -2.08. The topological polar surface area (TPSA) is 75.6 Å². The second-order valence-electron chi connectivity index (χ2n) is 3.84. The first kappa shape index (κ1) is 14.6. The fraction of sp³-hybridized carbons (Fsp3) is 0.636. The molecule has 16 heavy (non-hydrogen) atoms. The van der Waals surface area contributed by atoms with Crippen molar-refractivity contribution in [3.8, 4) is 0 Å². The fourth-order valence-electron chi connectivity index (χ4n) is 1.05. The minimum Gasteiger partial charge on any atom is -0.393 e. The number of hydroxylamine groups is 1. The van der Waals surface area contributed by atoms with E-state index < -0.39 is 18.0 Å². The fourth-order valence-corrected chi connectivity index (χ4v) is 1.05. The maximum Gasteiger partial charge on any atom is 0.329 e. The second-order valence-corrected chi connectivity index (χ2v) is 3.84. The van der Waals surface area contributed by atoms with Gasteiger partial charge in [0.2, 0.25) is 0 Å². The highest BCUT2D eigenvalue weighted by atomic mass is 16.7. The van der Waals surface area contributed by atoms with Gasteiger partial charge in [-0.05, 0) is 26.7 Å². The van der Waals surface area contributed by atoms with E-state index in [-0.39, 0.29) is 6.42 Å². The summed E-state index contributed by atoms with van der Waals surface area (Å²) >= 11 is 0. The van der Waals surface area contributed by atoms with Crippen LogP contribution in [0.15, 0.2) is 11.6 Å². The number of carbonyl (C=O) groups excluding carboxylic acids is 2. The average molecular weight is 229 g/mol. The Labute approximate surface area is 95.4 Å². The van der Waals surface area contributed by atoms with Crippen LogP contribution in [0, 0.1) is 0 Å². The Morgan fingerprint density at radius 3 is 2.50 bits per heavy atom. The second kappa shape index (κ2) is 7.87. The van der Waals surface area contributed by atoms with E-state index in [4.69, 9.17) is 0 Å². The summed E-state index contributed by atoms with van der Waals surface area (Å²) in [5, 5.41) is 9.47. The number of aliphatic hydroxyl groups is 1. The van der Waals surface area contributed by atoms with Crippen molar-refractivity contribution in [1.29, 1.82) is 0 Å². The first-order valence-corrected chi connectivity index (χ1v) is 5.19. The third kappa shape index (κ3) is 9.21. The van der Waals surface area contributed by atoms with Crippen molar-refractivity contribution in [2.75, 3.05) is 0 Å². The van der Waals surface area contributed by atoms with Crippen LogP contribution in [0.2, 0.25) is 0 Å². The number of amides is 1. The molecule has 0 heterocycles. The number of rotatable bonds is 5. The number of carbonyl (C=O) groups is 2. The van der Waals surface area contributed by atoms with Gasteiger partial charge < -0.3 is 9.94 Å². The molecular formula is C11H19NO4. The molecule has 0 aromatic heterocycles. The molecule has 0 fully saturated rings. The molecule has 1 unspecified atom stereocenters. The summed E-state index contributed by atoms with van der Waals surface area (Å²) in [5.41, 5.74) is 3.13. The largest absolute Gasteiger partial charge is 0.393 e. The van der Waals surface area contributed by atoms with Crippen LogP contribution in [0.3, 0.4) is 0 Å². The molecule has 0 saturated heterocycles. The minimum absolute atomic E-state index is 0.0656. The molecule has 0 aliphatic rings. The molecule has 5 nitrogen and oxygen atoms in total. The van der Waals surface area contributed by atoms with E-state index in [0.29, 0.717) is 6.42 Å². The van der Waals surface area contributed by atoms with Crippen molar-refractivity contribution in [3.05, 3.63) is 11.6 Å². The number of allylic oxidation sites excluding steroid dienone is 2. The highest BCUT2D eigenvalue weighted by Crippen LogP contribution is 2.04. The minimum atomic E-state index is -0.717. The van der Waals surface area contributed by atoms with Crippen molar-refractivity contribution in [3.63, 3.8) is 0 Å². The van der Waals surface area contributed by atoms with E-state index in [1.165, 1.54) is 12.5 Å². The monoisotopic (exact) mass is 229 g/mol. The molecule has 0 radical (unpaired) electrons. The van der Waals surface area contributed by atoms with Crippen molar-refractivity contribution >= 4 is 11.9 Å². The average Bonchev–Trinajstić information content (AvgIpc) is 2.14. The summed E-state index contributed by atoms with van der Waals surface area (Å²) < 4.78 is 0. The van der Waals surface area contributed by atoms with E-state index >= 15 is 0 Å².